The van der Waals surface area contributed by atoms with Crippen molar-refractivity contribution >= 4 is 46.7 Å². The van der Waals surface area contributed by atoms with E-state index in [0.717, 1.165) is 10.5 Å². The second-order valence-corrected chi connectivity index (χ2v) is 10.9. The minimum atomic E-state index is -1.07. The Morgan fingerprint density at radius 3 is 2.34 bits per heavy atom. The molecule has 2 fully saturated rings. The van der Waals surface area contributed by atoms with Gasteiger partial charge in [0.1, 0.15) is 5.92 Å². The van der Waals surface area contributed by atoms with Crippen LogP contribution in [0.1, 0.15) is 5.56 Å². The summed E-state index contributed by atoms with van der Waals surface area (Å²) in [5.74, 6) is -1.73. The third kappa shape index (κ3) is 5.60. The molecule has 5 rings (SSSR count). The van der Waals surface area contributed by atoms with Crippen molar-refractivity contribution in [3.8, 4) is 28.3 Å². The molecule has 2 N–H and O–H groups in total. The van der Waals surface area contributed by atoms with Crippen LogP contribution in [0.25, 0.3) is 22.4 Å². The third-order valence-electron chi connectivity index (χ3n) is 7.30. The van der Waals surface area contributed by atoms with Crippen molar-refractivity contribution < 1.29 is 24.2 Å². The number of carbonyl (C=O) groups excluding carboxylic acids is 3. The van der Waals surface area contributed by atoms with Gasteiger partial charge in [0.2, 0.25) is 17.7 Å². The molecule has 3 aromatic rings. The molecule has 3 heterocycles. The lowest BCUT2D eigenvalue weighted by atomic mass is 9.99. The standard InChI is InChI=1S/C29H29Cl2N5O5/c1-34-15-21(28(39)35(2)29(34)40)26(38)32-23-9-5-7-19(25(23)31)18-6-4-8-20(24(18)30)22-11-10-16(27(33-22)41-3)12-36-13-17(37)14-36/h4-11,17,21,37H,12-15H2,1-3H3,(H,32,38). The Balaban J connectivity index is 1.41. The summed E-state index contributed by atoms with van der Waals surface area (Å²) in [6, 6.07) is 14.0. The number of likely N-dealkylation sites (tertiary alicyclic amines) is 1. The predicted octanol–water partition coefficient (Wildman–Crippen LogP) is 3.99. The summed E-state index contributed by atoms with van der Waals surface area (Å²) in [5, 5.41) is 13.0. The number of hydrogen-bond donors (Lipinski definition) is 2. The Morgan fingerprint density at radius 1 is 1.00 bits per heavy atom. The van der Waals surface area contributed by atoms with Crippen LogP contribution in [0.2, 0.25) is 10.0 Å². The van der Waals surface area contributed by atoms with Crippen molar-refractivity contribution in [1.29, 1.82) is 0 Å². The average Bonchev–Trinajstić information content (AvgIpc) is 2.94. The van der Waals surface area contributed by atoms with Gasteiger partial charge in [0, 0.05) is 62.5 Å². The number of nitrogens with zero attached hydrogens (tertiary/aromatic N) is 4. The highest BCUT2D eigenvalue weighted by Gasteiger charge is 2.39. The first-order valence-electron chi connectivity index (χ1n) is 12.9. The van der Waals surface area contributed by atoms with E-state index >= 15 is 0 Å². The lowest BCUT2D eigenvalue weighted by Crippen LogP contribution is -2.56. The minimum Gasteiger partial charge on any atom is -0.481 e. The molecule has 0 spiro atoms. The fraction of sp³-hybridized carbons (Fsp3) is 0.310. The molecule has 0 radical (unpaired) electrons. The van der Waals surface area contributed by atoms with Crippen LogP contribution >= 0.6 is 23.2 Å². The molecule has 0 bridgehead atoms. The molecule has 0 aliphatic carbocycles. The van der Waals surface area contributed by atoms with E-state index in [1.54, 1.807) is 25.3 Å². The second kappa shape index (κ2) is 11.7. The molecule has 214 valence electrons. The monoisotopic (exact) mass is 597 g/mol. The Kier molecular flexibility index (Phi) is 8.19. The van der Waals surface area contributed by atoms with Crippen LogP contribution < -0.4 is 10.1 Å². The lowest BCUT2D eigenvalue weighted by Gasteiger charge is -2.35. The van der Waals surface area contributed by atoms with Crippen molar-refractivity contribution in [2.75, 3.05) is 46.2 Å². The van der Waals surface area contributed by atoms with E-state index in [2.05, 4.69) is 10.2 Å². The van der Waals surface area contributed by atoms with Crippen LogP contribution in [-0.2, 0) is 16.1 Å². The molecule has 1 aromatic heterocycles. The van der Waals surface area contributed by atoms with Crippen LogP contribution in [0, 0.1) is 5.92 Å². The van der Waals surface area contributed by atoms with Crippen molar-refractivity contribution in [2.24, 2.45) is 5.92 Å². The quantitative estimate of drug-likeness (QED) is 0.396. The maximum atomic E-state index is 13.1. The number of methoxy groups -OCH3 is 1. The van der Waals surface area contributed by atoms with Gasteiger partial charge in [-0.3, -0.25) is 19.4 Å². The number of rotatable bonds is 7. The number of urea groups is 1. The molecule has 2 aliphatic heterocycles. The smallest absolute Gasteiger partial charge is 0.326 e. The fourth-order valence-corrected chi connectivity index (χ4v) is 5.63. The fourth-order valence-electron chi connectivity index (χ4n) is 5.03. The van der Waals surface area contributed by atoms with Crippen molar-refractivity contribution in [3.05, 3.63) is 64.1 Å². The van der Waals surface area contributed by atoms with Crippen molar-refractivity contribution in [3.63, 3.8) is 0 Å². The number of ether oxygens (including phenoxy) is 1. The van der Waals surface area contributed by atoms with Gasteiger partial charge in [0.05, 0.1) is 34.6 Å². The number of β-amino-alcohol motifs (C(OH)–C–C–N with tert-alkyl or cyclic N) is 1. The number of pyridine rings is 1. The topological polar surface area (TPSA) is 115 Å². The van der Waals surface area contributed by atoms with Crippen molar-refractivity contribution in [2.45, 2.75) is 12.6 Å². The van der Waals surface area contributed by atoms with Gasteiger partial charge < -0.3 is 20.1 Å². The van der Waals surface area contributed by atoms with Gasteiger partial charge in [0.25, 0.3) is 0 Å². The highest BCUT2D eigenvalue weighted by Crippen LogP contribution is 2.41. The molecule has 10 nitrogen and oxygen atoms in total. The summed E-state index contributed by atoms with van der Waals surface area (Å²) in [7, 11) is 4.44. The molecule has 12 heteroatoms. The molecule has 41 heavy (non-hydrogen) atoms. The highest BCUT2D eigenvalue weighted by atomic mass is 35.5. The van der Waals surface area contributed by atoms with E-state index in [1.807, 2.05) is 30.3 Å². The maximum Gasteiger partial charge on any atom is 0.326 e. The first-order chi connectivity index (χ1) is 19.6. The minimum absolute atomic E-state index is 0.0335. The SMILES string of the molecule is COc1nc(-c2cccc(-c3cccc(NC(=O)C4CN(C)C(=O)N(C)C4=O)c3Cl)c2Cl)ccc1CN1CC(O)C1. The second-order valence-electron chi connectivity index (χ2n) is 10.1. The van der Waals surface area contributed by atoms with Gasteiger partial charge in [-0.15, -0.1) is 0 Å². The first kappa shape index (κ1) is 28.8. The molecule has 1 atom stereocenters. The Labute approximate surface area is 247 Å². The molecule has 1 unspecified atom stereocenters. The number of hydrogen-bond acceptors (Lipinski definition) is 7. The molecule has 2 aromatic carbocycles. The van der Waals surface area contributed by atoms with Gasteiger partial charge in [-0.1, -0.05) is 59.6 Å². The summed E-state index contributed by atoms with van der Waals surface area (Å²) in [4.78, 5) is 46.7. The lowest BCUT2D eigenvalue weighted by molar-refractivity contribution is -0.140. The Morgan fingerprint density at radius 2 is 1.66 bits per heavy atom. The zero-order valence-corrected chi connectivity index (χ0v) is 24.2. The van der Waals surface area contributed by atoms with E-state index in [1.165, 1.54) is 19.0 Å². The van der Waals surface area contributed by atoms with Crippen LogP contribution in [0.15, 0.2) is 48.5 Å². The van der Waals surface area contributed by atoms with E-state index in [4.69, 9.17) is 32.9 Å². The van der Waals surface area contributed by atoms with Gasteiger partial charge in [0.15, 0.2) is 0 Å². The van der Waals surface area contributed by atoms with E-state index in [0.29, 0.717) is 58.6 Å². The number of imide groups is 1. The number of aliphatic hydroxyl groups is 1. The summed E-state index contributed by atoms with van der Waals surface area (Å²) in [5.41, 5.74) is 3.70. The molecular weight excluding hydrogens is 569 g/mol. The van der Waals surface area contributed by atoms with Gasteiger partial charge >= 0.3 is 6.03 Å². The first-order valence-corrected chi connectivity index (χ1v) is 13.7. The normalized spacial score (nSPS) is 18.0. The summed E-state index contributed by atoms with van der Waals surface area (Å²) in [6.45, 7) is 1.81. The molecule has 0 saturated carbocycles. The molecular formula is C29H29Cl2N5O5. The average molecular weight is 598 g/mol. The number of aromatic nitrogens is 1. The Bertz CT molecular complexity index is 1530. The largest absolute Gasteiger partial charge is 0.481 e. The van der Waals surface area contributed by atoms with E-state index in [9.17, 15) is 19.5 Å². The van der Waals surface area contributed by atoms with Gasteiger partial charge in [-0.05, 0) is 12.1 Å². The van der Waals surface area contributed by atoms with Gasteiger partial charge in [-0.2, -0.15) is 0 Å². The number of anilines is 1. The molecule has 2 saturated heterocycles. The number of aliphatic hydroxyl groups excluding tert-OH is 1. The van der Waals surface area contributed by atoms with E-state index < -0.39 is 23.8 Å². The summed E-state index contributed by atoms with van der Waals surface area (Å²) < 4.78 is 5.55. The molecule has 2 aliphatic rings. The van der Waals surface area contributed by atoms with Crippen LogP contribution in [0.5, 0.6) is 5.88 Å². The number of carbonyl (C=O) groups is 3. The molecule has 4 amide bonds. The number of halogens is 2. The third-order valence-corrected chi connectivity index (χ3v) is 8.12. The van der Waals surface area contributed by atoms with Gasteiger partial charge in [-0.25, -0.2) is 9.78 Å². The maximum absolute atomic E-state index is 13.1. The number of nitrogens with one attached hydrogen (secondary N) is 1. The van der Waals surface area contributed by atoms with E-state index in [-0.39, 0.29) is 17.7 Å². The Hall–Kier alpha value is -3.70. The van der Waals surface area contributed by atoms with Crippen molar-refractivity contribution in [1.82, 2.24) is 19.7 Å². The predicted molar refractivity (Wildman–Crippen MR) is 156 cm³/mol. The number of benzene rings is 2. The van der Waals surface area contributed by atoms with Crippen LogP contribution in [0.4, 0.5) is 10.5 Å². The zero-order chi connectivity index (χ0) is 29.4. The summed E-state index contributed by atoms with van der Waals surface area (Å²) in [6.07, 6.45) is -0.294. The van der Waals surface area contributed by atoms with Crippen LogP contribution in [0.3, 0.4) is 0 Å². The highest BCUT2D eigenvalue weighted by molar-refractivity contribution is 6.39. The number of amides is 4. The van der Waals surface area contributed by atoms with Crippen LogP contribution in [-0.4, -0.2) is 89.6 Å². The summed E-state index contributed by atoms with van der Waals surface area (Å²) >= 11 is 13.7. The zero-order valence-electron chi connectivity index (χ0n) is 22.7.